The van der Waals surface area contributed by atoms with Crippen molar-refractivity contribution in [1.29, 1.82) is 0 Å². The predicted octanol–water partition coefficient (Wildman–Crippen LogP) is 12.4. The van der Waals surface area contributed by atoms with Crippen LogP contribution in [-0.2, 0) is 30.5 Å². The van der Waals surface area contributed by atoms with E-state index < -0.39 is 0 Å². The first-order valence-electron chi connectivity index (χ1n) is 35.3. The smallest absolute Gasteiger partial charge is 0.409 e. The van der Waals surface area contributed by atoms with Gasteiger partial charge < -0.3 is 58.3 Å². The highest BCUT2D eigenvalue weighted by Crippen LogP contribution is 2.52. The van der Waals surface area contributed by atoms with Gasteiger partial charge in [0, 0.05) is 143 Å². The van der Waals surface area contributed by atoms with Crippen LogP contribution >= 0.6 is 0 Å². The predicted molar refractivity (Wildman–Crippen MR) is 374 cm³/mol. The van der Waals surface area contributed by atoms with E-state index in [1.54, 1.807) is 79.2 Å². The average Bonchev–Trinajstić information content (AvgIpc) is 1.61. The number of hydrogen-bond donors (Lipinski definition) is 0. The van der Waals surface area contributed by atoms with Crippen LogP contribution in [0.2, 0.25) is 0 Å². The highest BCUT2D eigenvalue weighted by atomic mass is 19.1. The summed E-state index contributed by atoms with van der Waals surface area (Å²) in [5, 5.41) is 0. The molecule has 9 aliphatic heterocycles. The second-order valence-corrected chi connectivity index (χ2v) is 28.3. The maximum Gasteiger partial charge on any atom is 0.409 e. The van der Waals surface area contributed by atoms with E-state index in [1.807, 2.05) is 45.9 Å². The van der Waals surface area contributed by atoms with Gasteiger partial charge in [0.2, 0.25) is 5.91 Å². The fourth-order valence-corrected chi connectivity index (χ4v) is 17.3. The van der Waals surface area contributed by atoms with Crippen LogP contribution in [0.25, 0.3) is 0 Å². The minimum atomic E-state index is -0.254. The molecule has 17 nitrogen and oxygen atoms in total. The quantitative estimate of drug-likeness (QED) is 0.103. The lowest BCUT2D eigenvalue weighted by Gasteiger charge is -2.45. The molecular formula is C77H97F3N10O7. The van der Waals surface area contributed by atoms with Crippen molar-refractivity contribution in [3.8, 4) is 18.1 Å². The number of benzene rings is 5. The first-order chi connectivity index (χ1) is 46.9. The van der Waals surface area contributed by atoms with Crippen molar-refractivity contribution in [3.63, 3.8) is 0 Å². The summed E-state index contributed by atoms with van der Waals surface area (Å²) in [4.78, 5) is 70.4. The second-order valence-electron chi connectivity index (χ2n) is 28.3. The summed E-state index contributed by atoms with van der Waals surface area (Å²) in [6.45, 7) is 17.2. The molecule has 9 aliphatic rings. The van der Waals surface area contributed by atoms with Gasteiger partial charge in [-0.25, -0.2) is 27.6 Å². The minimum Gasteiger partial charge on any atom is -0.497 e. The van der Waals surface area contributed by atoms with Gasteiger partial charge in [0.1, 0.15) is 29.8 Å². The second kappa shape index (κ2) is 30.0. The highest BCUT2D eigenvalue weighted by molar-refractivity contribution is 5.95. The number of rotatable bonds is 9. The van der Waals surface area contributed by atoms with Crippen molar-refractivity contribution in [2.75, 3.05) is 152 Å². The third-order valence-corrected chi connectivity index (χ3v) is 22.8. The van der Waals surface area contributed by atoms with Crippen LogP contribution in [0.15, 0.2) is 109 Å². The van der Waals surface area contributed by atoms with Crippen molar-refractivity contribution < 1.29 is 46.6 Å². The summed E-state index contributed by atoms with van der Waals surface area (Å²) in [6.07, 6.45) is 17.2. The topological polar surface area (TPSA) is 128 Å². The van der Waals surface area contributed by atoms with Gasteiger partial charge in [0.25, 0.3) is 0 Å². The zero-order valence-corrected chi connectivity index (χ0v) is 57.4. The number of piperidine rings is 6. The Morgan fingerprint density at radius 2 is 0.990 bits per heavy atom. The molecule has 6 fully saturated rings. The van der Waals surface area contributed by atoms with Gasteiger partial charge in [-0.15, -0.1) is 12.3 Å². The zero-order chi connectivity index (χ0) is 68.0. The monoisotopic (exact) mass is 1330 g/mol. The van der Waals surface area contributed by atoms with Crippen LogP contribution in [0, 0.1) is 29.8 Å². The number of carbonyl (C=O) groups excluding carboxylic acids is 4. The molecule has 5 aromatic carbocycles. The average molecular weight is 1330 g/mol. The first kappa shape index (κ1) is 68.9. The molecule has 0 bridgehead atoms. The fourth-order valence-electron chi connectivity index (χ4n) is 17.3. The molecule has 14 rings (SSSR count). The normalized spacial score (nSPS) is 20.9. The molecule has 0 aromatic heterocycles. The van der Waals surface area contributed by atoms with Crippen molar-refractivity contribution in [1.82, 2.24) is 29.4 Å². The number of ether oxygens (including phenoxy) is 3. The summed E-state index contributed by atoms with van der Waals surface area (Å²) in [7, 11) is 5.25. The Labute approximate surface area is 571 Å². The maximum atomic E-state index is 14.7. The first-order valence-corrected chi connectivity index (χ1v) is 35.3. The number of methoxy groups -OCH3 is 1. The third-order valence-electron chi connectivity index (χ3n) is 22.8. The zero-order valence-electron chi connectivity index (χ0n) is 57.4. The number of hydrogen-bond acceptors (Lipinski definition) is 12. The Balaban J connectivity index is 0.000000139. The van der Waals surface area contributed by atoms with Gasteiger partial charge in [0.15, 0.2) is 0 Å². The SMILES string of the molecule is C#CCCOC(=O)N1CCC(N2CCC3(CC2)CN(C(C)=O)c2ccccc23)CC1.CCOC(=O)N1CCC(N2CCC3(CC2)CN(c2ccccc2F)c2ccc(F)cc23)CC1.COc1ccc(N2CCC(N3CCC4(CC3)CN(C(=O)N(C)C)c3ccc(F)cc34)CC2)cc1. The largest absolute Gasteiger partial charge is 0.497 e. The Morgan fingerprint density at radius 3 is 1.49 bits per heavy atom. The number of terminal acetylenes is 1. The van der Waals surface area contributed by atoms with Crippen LogP contribution in [0.1, 0.15) is 114 Å². The molecule has 0 atom stereocenters. The van der Waals surface area contributed by atoms with Crippen molar-refractivity contribution in [3.05, 3.63) is 143 Å². The molecule has 5 amide bonds. The van der Waals surface area contributed by atoms with Gasteiger partial charge in [-0.2, -0.15) is 0 Å². The van der Waals surface area contributed by atoms with E-state index in [1.165, 1.54) is 29.4 Å². The molecule has 518 valence electrons. The molecule has 20 heteroatoms. The van der Waals surface area contributed by atoms with Gasteiger partial charge in [-0.1, -0.05) is 30.3 Å². The van der Waals surface area contributed by atoms with Crippen LogP contribution < -0.4 is 24.3 Å². The lowest BCUT2D eigenvalue weighted by Crippen LogP contribution is -2.52. The van der Waals surface area contributed by atoms with E-state index in [4.69, 9.17) is 20.6 Å². The molecule has 6 saturated heterocycles. The standard InChI is InChI=1S/C27H35FN4O2.C26H31F2N3O2.C24H31N3O3/c1-29(2)26(33)32-19-27(24-18-20(28)4-9-25(24)32)12-16-31(17-13-27)22-10-14-30(15-11-22)21-5-7-23(34-3)8-6-21;1-2-33-25(32)30-13-9-20(10-14-30)29-15-11-26(12-16-29)18-31(24-6-4-3-5-22(24)28)23-8-7-19(27)17-21(23)26;1-3-4-17-30-23(29)26-13-9-20(10-14-26)25-15-11-24(12-16-25)18-27(19(2)28)22-8-6-5-7-21(22)24/h4-9,18,22H,10-17,19H2,1-3H3;3-8,17,20H,2,9-16,18H2,1H3;1,5-8,20H,4,9-18H2,2H3. The molecule has 0 saturated carbocycles. The summed E-state index contributed by atoms with van der Waals surface area (Å²) in [5.74, 6) is 2.79. The number of amides is 5. The van der Waals surface area contributed by atoms with Crippen LogP contribution in [-0.4, -0.2) is 204 Å². The molecule has 3 spiro atoms. The summed E-state index contributed by atoms with van der Waals surface area (Å²) >= 11 is 0. The Kier molecular flexibility index (Phi) is 21.3. The van der Waals surface area contributed by atoms with Crippen molar-refractivity contribution in [2.24, 2.45) is 0 Å². The summed E-state index contributed by atoms with van der Waals surface area (Å²) < 4.78 is 58.8. The number of nitrogens with zero attached hydrogens (tertiary/aromatic N) is 10. The van der Waals surface area contributed by atoms with E-state index in [0.717, 1.165) is 196 Å². The Morgan fingerprint density at radius 1 is 0.536 bits per heavy atom. The van der Waals surface area contributed by atoms with Crippen molar-refractivity contribution >= 4 is 52.6 Å². The molecule has 5 aromatic rings. The molecule has 0 aliphatic carbocycles. The lowest BCUT2D eigenvalue weighted by atomic mass is 9.74. The number of halogens is 3. The van der Waals surface area contributed by atoms with Crippen LogP contribution in [0.5, 0.6) is 5.75 Å². The molecule has 0 N–H and O–H groups in total. The highest BCUT2D eigenvalue weighted by Gasteiger charge is 2.50. The minimum absolute atomic E-state index is 0.0296. The molecule has 0 unspecified atom stereocenters. The Hall–Kier alpha value is -7.99. The number of likely N-dealkylation sites (tertiary alicyclic amines) is 5. The van der Waals surface area contributed by atoms with Gasteiger partial charge in [-0.05, 0) is 219 Å². The van der Waals surface area contributed by atoms with E-state index >= 15 is 0 Å². The number of anilines is 5. The summed E-state index contributed by atoms with van der Waals surface area (Å²) in [5.41, 5.74) is 7.80. The van der Waals surface area contributed by atoms with E-state index in [9.17, 15) is 32.3 Å². The summed E-state index contributed by atoms with van der Waals surface area (Å²) in [6, 6.07) is 34.9. The lowest BCUT2D eigenvalue weighted by molar-refractivity contribution is -0.116. The van der Waals surface area contributed by atoms with Gasteiger partial charge in [-0.3, -0.25) is 9.69 Å². The van der Waals surface area contributed by atoms with E-state index in [-0.39, 0.29) is 57.8 Å². The van der Waals surface area contributed by atoms with Crippen LogP contribution in [0.3, 0.4) is 0 Å². The van der Waals surface area contributed by atoms with Crippen molar-refractivity contribution in [2.45, 2.75) is 132 Å². The molecule has 9 heterocycles. The molecule has 0 radical (unpaired) electrons. The van der Waals surface area contributed by atoms with E-state index in [2.05, 4.69) is 55.9 Å². The Bertz CT molecular complexity index is 3610. The number of carbonyl (C=O) groups is 4. The number of para-hydroxylation sites is 2. The van der Waals surface area contributed by atoms with Gasteiger partial charge >= 0.3 is 18.2 Å². The number of fused-ring (bicyclic) bond motifs is 6. The molecule has 97 heavy (non-hydrogen) atoms. The van der Waals surface area contributed by atoms with Gasteiger partial charge in [0.05, 0.1) is 19.4 Å². The third kappa shape index (κ3) is 14.6. The van der Waals surface area contributed by atoms with E-state index in [0.29, 0.717) is 56.5 Å². The number of urea groups is 1. The maximum absolute atomic E-state index is 14.7. The molecular weight excluding hydrogens is 1230 g/mol. The van der Waals surface area contributed by atoms with Crippen LogP contribution in [0.4, 0.5) is 56.0 Å². The fraction of sp³-hybridized carbons (Fsp3) is 0.532.